The number of carbonyl (C=O) groups excluding carboxylic acids is 3. The molecule has 0 aromatic rings. The molecule has 0 aromatic heterocycles. The fraction of sp³-hybridized carbons (Fsp3) is 0.857. The van der Waals surface area contributed by atoms with Gasteiger partial charge >= 0.3 is 5.97 Å². The minimum atomic E-state index is -0.752. The van der Waals surface area contributed by atoms with Crippen LogP contribution in [-0.4, -0.2) is 35.1 Å². The third-order valence-electron chi connectivity index (χ3n) is 16.0. The van der Waals surface area contributed by atoms with E-state index >= 15 is 0 Å². The lowest BCUT2D eigenvalue weighted by atomic mass is 9.37. The van der Waals surface area contributed by atoms with E-state index < -0.39 is 11.4 Å². The molecule has 12 atom stereocenters. The second-order valence-corrected chi connectivity index (χ2v) is 19.6. The van der Waals surface area contributed by atoms with Crippen LogP contribution in [-0.2, 0) is 19.2 Å². The number of hydrogen-bond acceptors (Lipinski definition) is 4. The SMILES string of the molecule is CC(C)C1=C2C3CCC4C(C)(CCC5C(C)C(CC(=O)C6CC(C(=O)O)C6C)CCC54C)C3CCC2(CCNC(=O)C(C)(C)C)CC1=O. The Morgan fingerprint density at radius 1 is 0.896 bits per heavy atom. The van der Waals surface area contributed by atoms with Crippen LogP contribution in [0.15, 0.2) is 11.1 Å². The summed E-state index contributed by atoms with van der Waals surface area (Å²) in [5.41, 5.74) is 2.62. The van der Waals surface area contributed by atoms with Crippen LogP contribution >= 0.6 is 0 Å². The van der Waals surface area contributed by atoms with Gasteiger partial charge in [-0.3, -0.25) is 19.2 Å². The largest absolute Gasteiger partial charge is 0.481 e. The van der Waals surface area contributed by atoms with Crippen LogP contribution < -0.4 is 5.32 Å². The second-order valence-electron chi connectivity index (χ2n) is 19.6. The Kier molecular flexibility index (Phi) is 9.23. The average molecular weight is 664 g/mol. The first-order chi connectivity index (χ1) is 22.4. The number of fused-ring (bicyclic) bond motifs is 7. The zero-order valence-electron chi connectivity index (χ0n) is 31.5. The quantitative estimate of drug-likeness (QED) is 0.271. The Hall–Kier alpha value is -1.98. The van der Waals surface area contributed by atoms with Gasteiger partial charge in [0.1, 0.15) is 5.78 Å². The number of rotatable bonds is 8. The highest BCUT2D eigenvalue weighted by atomic mass is 16.4. The number of amides is 1. The topological polar surface area (TPSA) is 101 Å². The molecule has 0 aliphatic heterocycles. The third kappa shape index (κ3) is 5.56. The molecule has 0 aromatic carbocycles. The van der Waals surface area contributed by atoms with E-state index in [1.807, 2.05) is 27.7 Å². The number of nitrogens with one attached hydrogen (secondary N) is 1. The van der Waals surface area contributed by atoms with Gasteiger partial charge in [-0.25, -0.2) is 0 Å². The van der Waals surface area contributed by atoms with Gasteiger partial charge in [-0.1, -0.05) is 67.9 Å². The first-order valence-electron chi connectivity index (χ1n) is 19.7. The van der Waals surface area contributed by atoms with Crippen molar-refractivity contribution in [2.75, 3.05) is 6.54 Å². The number of carbonyl (C=O) groups is 4. The fourth-order valence-electron chi connectivity index (χ4n) is 13.4. The van der Waals surface area contributed by atoms with Crippen LogP contribution in [0.1, 0.15) is 139 Å². The summed E-state index contributed by atoms with van der Waals surface area (Å²) in [6, 6.07) is 0. The molecule has 0 radical (unpaired) electrons. The maximum absolute atomic E-state index is 13.8. The smallest absolute Gasteiger partial charge is 0.306 e. The molecule has 6 rings (SSSR count). The molecular formula is C42H65NO5. The number of carboxylic acids is 1. The molecule has 0 bridgehead atoms. The number of carboxylic acid groups (broad SMARTS) is 1. The molecule has 6 aliphatic carbocycles. The number of hydrogen-bond donors (Lipinski definition) is 2. The summed E-state index contributed by atoms with van der Waals surface area (Å²) in [6.07, 6.45) is 12.0. The van der Waals surface area contributed by atoms with Crippen molar-refractivity contribution in [2.45, 2.75) is 139 Å². The summed E-state index contributed by atoms with van der Waals surface area (Å²) in [7, 11) is 0. The lowest BCUT2D eigenvalue weighted by molar-refractivity contribution is -0.172. The van der Waals surface area contributed by atoms with Crippen LogP contribution in [0.25, 0.3) is 0 Å². The maximum atomic E-state index is 13.8. The van der Waals surface area contributed by atoms with Crippen LogP contribution in [0.2, 0.25) is 0 Å². The van der Waals surface area contributed by atoms with Crippen LogP contribution in [0.3, 0.4) is 0 Å². The van der Waals surface area contributed by atoms with Crippen molar-refractivity contribution in [1.82, 2.24) is 5.32 Å². The molecule has 0 heterocycles. The van der Waals surface area contributed by atoms with Crippen LogP contribution in [0.5, 0.6) is 0 Å². The number of allylic oxidation sites excluding steroid dienone is 2. The first kappa shape index (κ1) is 35.8. The Morgan fingerprint density at radius 2 is 1.54 bits per heavy atom. The molecule has 0 saturated heterocycles. The van der Waals surface area contributed by atoms with Crippen LogP contribution in [0, 0.1) is 80.8 Å². The summed E-state index contributed by atoms with van der Waals surface area (Å²) in [6.45, 7) is 20.5. The van der Waals surface area contributed by atoms with Gasteiger partial charge < -0.3 is 10.4 Å². The molecule has 6 aliphatic rings. The van der Waals surface area contributed by atoms with Crippen molar-refractivity contribution in [3.63, 3.8) is 0 Å². The van der Waals surface area contributed by atoms with Gasteiger partial charge in [0.05, 0.1) is 5.92 Å². The van der Waals surface area contributed by atoms with Gasteiger partial charge in [0.15, 0.2) is 5.78 Å². The normalized spacial score (nSPS) is 43.9. The molecule has 6 nitrogen and oxygen atoms in total. The number of Topliss-reactive ketones (excluding diaryl/α,β-unsaturated/α-hetero) is 2. The van der Waals surface area contributed by atoms with Crippen molar-refractivity contribution < 1.29 is 24.3 Å². The lowest BCUT2D eigenvalue weighted by Crippen LogP contribution is -2.60. The van der Waals surface area contributed by atoms with Gasteiger partial charge in [-0.15, -0.1) is 0 Å². The van der Waals surface area contributed by atoms with Gasteiger partial charge in [0.2, 0.25) is 5.91 Å². The number of aliphatic carboxylic acids is 1. The van der Waals surface area contributed by atoms with Gasteiger partial charge in [0, 0.05) is 36.1 Å². The zero-order chi connectivity index (χ0) is 35.1. The molecule has 48 heavy (non-hydrogen) atoms. The zero-order valence-corrected chi connectivity index (χ0v) is 31.5. The van der Waals surface area contributed by atoms with Gasteiger partial charge in [0.25, 0.3) is 0 Å². The minimum Gasteiger partial charge on any atom is -0.481 e. The van der Waals surface area contributed by atoms with E-state index in [0.29, 0.717) is 72.9 Å². The van der Waals surface area contributed by atoms with E-state index in [0.717, 1.165) is 24.8 Å². The van der Waals surface area contributed by atoms with E-state index in [2.05, 4.69) is 39.9 Å². The van der Waals surface area contributed by atoms with Crippen molar-refractivity contribution >= 4 is 23.4 Å². The Labute approximate surface area is 290 Å². The van der Waals surface area contributed by atoms with Crippen molar-refractivity contribution in [3.8, 4) is 0 Å². The van der Waals surface area contributed by atoms with E-state index in [1.54, 1.807) is 0 Å². The highest BCUT2D eigenvalue weighted by Gasteiger charge is 2.64. The van der Waals surface area contributed by atoms with Crippen molar-refractivity contribution in [3.05, 3.63) is 11.1 Å². The standard InChI is InChI=1S/C42H65NO5/c1-23(2)35-33(45)22-42(18-19-43-38(48)39(5,6)7)17-14-31-27(36(35)42)10-11-34-40(8)15-12-26(24(3)30(40)13-16-41(31,34)9)20-32(44)28-21-29(25(28)4)37(46)47/h23-31,34H,10-22H2,1-9H3,(H,43,48)(H,46,47). The Bertz CT molecular complexity index is 1370. The lowest BCUT2D eigenvalue weighted by Gasteiger charge is -2.67. The molecule has 12 unspecified atom stereocenters. The molecule has 5 fully saturated rings. The van der Waals surface area contributed by atoms with E-state index in [4.69, 9.17) is 0 Å². The summed E-state index contributed by atoms with van der Waals surface area (Å²) >= 11 is 0. The second kappa shape index (κ2) is 12.4. The Balaban J connectivity index is 1.19. The first-order valence-corrected chi connectivity index (χ1v) is 19.7. The van der Waals surface area contributed by atoms with Crippen molar-refractivity contribution in [2.24, 2.45) is 80.8 Å². The van der Waals surface area contributed by atoms with E-state index in [9.17, 15) is 24.3 Å². The summed E-state index contributed by atoms with van der Waals surface area (Å²) < 4.78 is 0. The molecule has 1 amide bonds. The molecule has 2 N–H and O–H groups in total. The highest BCUT2D eigenvalue weighted by Crippen LogP contribution is 2.72. The molecule has 6 heteroatoms. The van der Waals surface area contributed by atoms with E-state index in [1.165, 1.54) is 44.1 Å². The van der Waals surface area contributed by atoms with Gasteiger partial charge in [-0.05, 0) is 128 Å². The third-order valence-corrected chi connectivity index (χ3v) is 16.0. The molecule has 5 saturated carbocycles. The summed E-state index contributed by atoms with van der Waals surface area (Å²) in [4.78, 5) is 51.5. The highest BCUT2D eigenvalue weighted by molar-refractivity contribution is 6.00. The maximum Gasteiger partial charge on any atom is 0.306 e. The number of ketones is 2. The summed E-state index contributed by atoms with van der Waals surface area (Å²) in [5.74, 6) is 3.02. The van der Waals surface area contributed by atoms with Crippen molar-refractivity contribution in [1.29, 1.82) is 0 Å². The summed E-state index contributed by atoms with van der Waals surface area (Å²) in [5, 5.41) is 12.7. The predicted molar refractivity (Wildman–Crippen MR) is 189 cm³/mol. The van der Waals surface area contributed by atoms with Gasteiger partial charge in [-0.2, -0.15) is 0 Å². The van der Waals surface area contributed by atoms with E-state index in [-0.39, 0.29) is 45.8 Å². The fourth-order valence-corrected chi connectivity index (χ4v) is 13.4. The monoisotopic (exact) mass is 663 g/mol. The minimum absolute atomic E-state index is 0.0392. The molecule has 268 valence electrons. The molecule has 0 spiro atoms. The molecular weight excluding hydrogens is 598 g/mol. The average Bonchev–Trinajstić information content (AvgIpc) is 3.29. The Morgan fingerprint density at radius 3 is 2.17 bits per heavy atom. The predicted octanol–water partition coefficient (Wildman–Crippen LogP) is 8.67. The van der Waals surface area contributed by atoms with Crippen LogP contribution in [0.4, 0.5) is 0 Å².